The lowest BCUT2D eigenvalue weighted by Crippen LogP contribution is -2.39. The first-order valence-corrected chi connectivity index (χ1v) is 11.2. The van der Waals surface area contributed by atoms with Crippen molar-refractivity contribution in [1.82, 2.24) is 9.78 Å². The highest BCUT2D eigenvalue weighted by atomic mass is 35.5. The van der Waals surface area contributed by atoms with Crippen LogP contribution < -0.4 is 15.0 Å². The van der Waals surface area contributed by atoms with Gasteiger partial charge in [-0.2, -0.15) is 4.57 Å². The van der Waals surface area contributed by atoms with Crippen LogP contribution in [0.2, 0.25) is 5.02 Å². The molecular formula is C26H19ClFN4O3+. The Morgan fingerprint density at radius 3 is 2.29 bits per heavy atom. The average Bonchev–Trinajstić information content (AvgIpc) is 3.32. The van der Waals surface area contributed by atoms with E-state index in [1.54, 1.807) is 54.9 Å². The molecule has 0 spiro atoms. The number of anilines is 1. The van der Waals surface area contributed by atoms with Crippen LogP contribution in [-0.4, -0.2) is 21.6 Å². The summed E-state index contributed by atoms with van der Waals surface area (Å²) in [6.07, 6.45) is 3.65. The van der Waals surface area contributed by atoms with Gasteiger partial charge in [-0.1, -0.05) is 30.7 Å². The zero-order valence-electron chi connectivity index (χ0n) is 18.5. The molecule has 2 amide bonds. The summed E-state index contributed by atoms with van der Waals surface area (Å²) in [7, 11) is 0. The van der Waals surface area contributed by atoms with Crippen molar-refractivity contribution in [3.63, 3.8) is 0 Å². The molecule has 7 nitrogen and oxygen atoms in total. The smallest absolute Gasteiger partial charge is 0.294 e. The number of imide groups is 1. The normalized spacial score (nSPS) is 13.7. The van der Waals surface area contributed by atoms with Crippen molar-refractivity contribution >= 4 is 40.4 Å². The van der Waals surface area contributed by atoms with Gasteiger partial charge in [0, 0.05) is 22.8 Å². The summed E-state index contributed by atoms with van der Waals surface area (Å²) in [5, 5.41) is 3.50. The number of hydrogen-bond donors (Lipinski definition) is 1. The van der Waals surface area contributed by atoms with Crippen LogP contribution in [0.3, 0.4) is 0 Å². The van der Waals surface area contributed by atoms with E-state index in [2.05, 4.69) is 5.10 Å². The number of rotatable bonds is 5. The third kappa shape index (κ3) is 3.77. The highest BCUT2D eigenvalue weighted by molar-refractivity contribution is 6.53. The second kappa shape index (κ2) is 8.81. The molecule has 174 valence electrons. The van der Waals surface area contributed by atoms with E-state index in [-0.39, 0.29) is 22.5 Å². The van der Waals surface area contributed by atoms with Crippen LogP contribution in [0.1, 0.15) is 18.2 Å². The maximum Gasteiger partial charge on any atom is 0.331 e. The van der Waals surface area contributed by atoms with Crippen LogP contribution in [0.15, 0.2) is 83.9 Å². The van der Waals surface area contributed by atoms with E-state index >= 15 is 0 Å². The van der Waals surface area contributed by atoms with Gasteiger partial charge in [0.2, 0.25) is 0 Å². The Kier molecular flexibility index (Phi) is 5.66. The molecule has 3 heterocycles. The predicted octanol–water partition coefficient (Wildman–Crippen LogP) is 3.75. The Labute approximate surface area is 204 Å². The fraction of sp³-hybridized carbons (Fsp3) is 0.0769. The molecule has 0 aliphatic carbocycles. The zero-order chi connectivity index (χ0) is 24.7. The summed E-state index contributed by atoms with van der Waals surface area (Å²) in [6, 6.07) is 17.0. The van der Waals surface area contributed by atoms with Gasteiger partial charge in [0.1, 0.15) is 11.4 Å². The van der Waals surface area contributed by atoms with E-state index in [1.807, 2.05) is 6.92 Å². The molecule has 0 radical (unpaired) electrons. The first-order chi connectivity index (χ1) is 16.9. The number of nitrogens with zero attached hydrogens (tertiary/aromatic N) is 3. The monoisotopic (exact) mass is 489 g/mol. The number of nitrogens with one attached hydrogen (secondary N) is 1. The number of aryl methyl sites for hydroxylation is 1. The molecule has 0 saturated heterocycles. The van der Waals surface area contributed by atoms with Gasteiger partial charge in [-0.25, -0.2) is 14.0 Å². The molecule has 5 rings (SSSR count). The maximum atomic E-state index is 13.8. The molecule has 1 N–H and O–H groups in total. The zero-order valence-corrected chi connectivity index (χ0v) is 19.3. The van der Waals surface area contributed by atoms with Gasteiger partial charge < -0.3 is 0 Å². The number of halogens is 2. The van der Waals surface area contributed by atoms with Crippen molar-refractivity contribution in [3.8, 4) is 5.69 Å². The Morgan fingerprint density at radius 1 is 0.914 bits per heavy atom. The third-order valence-electron chi connectivity index (χ3n) is 5.75. The molecule has 9 heteroatoms. The lowest BCUT2D eigenvalue weighted by Gasteiger charge is -2.13. The Morgan fingerprint density at radius 2 is 1.63 bits per heavy atom. The van der Waals surface area contributed by atoms with Gasteiger partial charge in [0.25, 0.3) is 17.2 Å². The summed E-state index contributed by atoms with van der Waals surface area (Å²) in [5.74, 6) is -1.79. The predicted molar refractivity (Wildman–Crippen MR) is 129 cm³/mol. The van der Waals surface area contributed by atoms with Gasteiger partial charge in [-0.15, -0.1) is 0 Å². The van der Waals surface area contributed by atoms with Crippen molar-refractivity contribution in [2.75, 3.05) is 4.90 Å². The fourth-order valence-corrected chi connectivity index (χ4v) is 4.33. The Bertz CT molecular complexity index is 1560. The number of aromatic nitrogens is 3. The maximum absolute atomic E-state index is 13.8. The van der Waals surface area contributed by atoms with E-state index < -0.39 is 23.2 Å². The van der Waals surface area contributed by atoms with E-state index in [9.17, 15) is 18.8 Å². The molecule has 0 bridgehead atoms. The third-order valence-corrected chi connectivity index (χ3v) is 5.99. The largest absolute Gasteiger partial charge is 0.331 e. The molecule has 1 aliphatic heterocycles. The quantitative estimate of drug-likeness (QED) is 0.342. The number of aromatic amines is 1. The van der Waals surface area contributed by atoms with E-state index in [1.165, 1.54) is 33.5 Å². The van der Waals surface area contributed by atoms with Gasteiger partial charge in [-0.3, -0.25) is 19.5 Å². The molecule has 1 aliphatic rings. The van der Waals surface area contributed by atoms with Crippen LogP contribution >= 0.6 is 11.6 Å². The average molecular weight is 490 g/mol. The van der Waals surface area contributed by atoms with Gasteiger partial charge in [0.15, 0.2) is 12.4 Å². The number of benzene rings is 2. The Hall–Kier alpha value is -4.30. The van der Waals surface area contributed by atoms with Crippen LogP contribution in [0.25, 0.3) is 17.0 Å². The number of carbonyl (C=O) groups is 2. The first-order valence-electron chi connectivity index (χ1n) is 10.9. The second-order valence-electron chi connectivity index (χ2n) is 7.87. The van der Waals surface area contributed by atoms with Crippen molar-refractivity contribution in [3.05, 3.63) is 112 Å². The number of H-pyrrole nitrogens is 1. The van der Waals surface area contributed by atoms with Gasteiger partial charge in [0.05, 0.1) is 16.9 Å². The number of hydrogen-bond acceptors (Lipinski definition) is 3. The van der Waals surface area contributed by atoms with E-state index in [0.29, 0.717) is 22.8 Å². The fourth-order valence-electron chi connectivity index (χ4n) is 4.15. The summed E-state index contributed by atoms with van der Waals surface area (Å²) in [5.41, 5.74) is 0.788. The minimum Gasteiger partial charge on any atom is -0.294 e. The topological polar surface area (TPSA) is 79.1 Å². The van der Waals surface area contributed by atoms with Crippen molar-refractivity contribution in [2.45, 2.75) is 13.3 Å². The standard InChI is InChI=1S/C26H18ClFN4O3/c1-2-20-21(25(34)32(29-20)19-8-6-7-16(27)15-19)22-23(30-13-4-3-5-14-30)26(35)31(24(22)33)18-11-9-17(28)10-12-18/h3-15H,2H2,1H3/p+1. The molecule has 0 saturated carbocycles. The minimum absolute atomic E-state index is 0.0315. The van der Waals surface area contributed by atoms with Crippen LogP contribution in [0, 0.1) is 5.82 Å². The number of pyridine rings is 1. The first kappa shape index (κ1) is 22.5. The Balaban J connectivity index is 1.77. The summed E-state index contributed by atoms with van der Waals surface area (Å²) >= 11 is 6.12. The van der Waals surface area contributed by atoms with Crippen LogP contribution in [-0.2, 0) is 16.0 Å². The van der Waals surface area contributed by atoms with Crippen molar-refractivity contribution in [1.29, 1.82) is 0 Å². The van der Waals surface area contributed by atoms with E-state index in [0.717, 1.165) is 4.90 Å². The van der Waals surface area contributed by atoms with Gasteiger partial charge >= 0.3 is 5.91 Å². The molecule has 2 aromatic heterocycles. The van der Waals surface area contributed by atoms with Crippen molar-refractivity contribution < 1.29 is 18.5 Å². The summed E-state index contributed by atoms with van der Waals surface area (Å²) < 4.78 is 16.3. The van der Waals surface area contributed by atoms with E-state index in [4.69, 9.17) is 11.6 Å². The summed E-state index contributed by atoms with van der Waals surface area (Å²) in [6.45, 7) is 1.84. The highest BCUT2D eigenvalue weighted by Crippen LogP contribution is 2.33. The molecule has 35 heavy (non-hydrogen) atoms. The molecular weight excluding hydrogens is 471 g/mol. The molecule has 0 atom stereocenters. The van der Waals surface area contributed by atoms with Crippen LogP contribution in [0.5, 0.6) is 0 Å². The SMILES string of the molecule is CCc1[nH]n(-c2cccc(Cl)c2)c(=O)c1C1=C([n+]2ccccc2)C(=O)N(c2ccc(F)cc2)C1=O. The van der Waals surface area contributed by atoms with Crippen molar-refractivity contribution in [2.24, 2.45) is 0 Å². The molecule has 2 aromatic carbocycles. The lowest BCUT2D eigenvalue weighted by atomic mass is 10.0. The van der Waals surface area contributed by atoms with Crippen LogP contribution in [0.4, 0.5) is 10.1 Å². The summed E-state index contributed by atoms with van der Waals surface area (Å²) in [4.78, 5) is 42.0. The highest BCUT2D eigenvalue weighted by Gasteiger charge is 2.48. The lowest BCUT2D eigenvalue weighted by molar-refractivity contribution is -0.576. The van der Waals surface area contributed by atoms with Gasteiger partial charge in [-0.05, 0) is 48.9 Å². The second-order valence-corrected chi connectivity index (χ2v) is 8.30. The minimum atomic E-state index is -0.669. The molecule has 4 aromatic rings. The number of carbonyl (C=O) groups excluding carboxylic acids is 2. The number of amides is 2. The molecule has 0 fully saturated rings. The molecule has 0 unspecified atom stereocenters.